The highest BCUT2D eigenvalue weighted by Gasteiger charge is 2.26. The standard InChI is InChI=1S/C21H20N2O7S2/c1-30-15-6-2-13(3-7-15)18-12-22-20(31-18)14-4-8-16(9-5-14)32(28,29)23-17(21(26)27)10-11-19(24)25/h2-9,12,17,23H,10-11H2,1H3,(H,24,25)(H,26,27). The summed E-state index contributed by atoms with van der Waals surface area (Å²) in [4.78, 5) is 27.2. The molecular formula is C21H20N2O7S2. The Kier molecular flexibility index (Phi) is 7.23. The number of benzene rings is 2. The molecule has 0 radical (unpaired) electrons. The first-order chi connectivity index (χ1) is 15.2. The molecule has 32 heavy (non-hydrogen) atoms. The van der Waals surface area contributed by atoms with Crippen molar-refractivity contribution in [3.63, 3.8) is 0 Å². The minimum atomic E-state index is -4.15. The molecule has 0 aliphatic rings. The SMILES string of the molecule is COc1ccc(-c2cnc(-c3ccc(S(=O)(=O)NC(CCC(=O)O)C(=O)O)cc3)s2)cc1. The van der Waals surface area contributed by atoms with E-state index in [1.165, 1.54) is 23.5 Å². The number of hydrogen-bond acceptors (Lipinski definition) is 7. The van der Waals surface area contributed by atoms with Crippen molar-refractivity contribution in [1.82, 2.24) is 9.71 Å². The van der Waals surface area contributed by atoms with Gasteiger partial charge in [-0.3, -0.25) is 9.59 Å². The molecule has 1 aromatic heterocycles. The number of thiazole rings is 1. The molecule has 168 valence electrons. The van der Waals surface area contributed by atoms with Gasteiger partial charge in [0.25, 0.3) is 0 Å². The molecule has 0 spiro atoms. The number of sulfonamides is 1. The topological polar surface area (TPSA) is 143 Å². The molecule has 0 aliphatic heterocycles. The van der Waals surface area contributed by atoms with E-state index in [-0.39, 0.29) is 11.3 Å². The minimum Gasteiger partial charge on any atom is -0.497 e. The first kappa shape index (κ1) is 23.4. The highest BCUT2D eigenvalue weighted by atomic mass is 32.2. The summed E-state index contributed by atoms with van der Waals surface area (Å²) in [7, 11) is -2.55. The maximum Gasteiger partial charge on any atom is 0.321 e. The van der Waals surface area contributed by atoms with E-state index in [0.717, 1.165) is 16.2 Å². The zero-order valence-corrected chi connectivity index (χ0v) is 18.5. The van der Waals surface area contributed by atoms with Crippen LogP contribution in [0.3, 0.4) is 0 Å². The van der Waals surface area contributed by atoms with E-state index in [2.05, 4.69) is 4.98 Å². The highest BCUT2D eigenvalue weighted by molar-refractivity contribution is 7.89. The molecule has 1 heterocycles. The van der Waals surface area contributed by atoms with Gasteiger partial charge in [0.15, 0.2) is 0 Å². The monoisotopic (exact) mass is 476 g/mol. The average Bonchev–Trinajstić information content (AvgIpc) is 3.27. The van der Waals surface area contributed by atoms with E-state index in [1.807, 2.05) is 29.0 Å². The largest absolute Gasteiger partial charge is 0.497 e. The Morgan fingerprint density at radius 1 is 1.06 bits per heavy atom. The number of hydrogen-bond donors (Lipinski definition) is 3. The van der Waals surface area contributed by atoms with Gasteiger partial charge >= 0.3 is 11.9 Å². The first-order valence-electron chi connectivity index (χ1n) is 9.37. The average molecular weight is 477 g/mol. The van der Waals surface area contributed by atoms with Crippen LogP contribution >= 0.6 is 11.3 Å². The van der Waals surface area contributed by atoms with Crippen molar-refractivity contribution in [3.05, 3.63) is 54.7 Å². The predicted molar refractivity (Wildman–Crippen MR) is 118 cm³/mol. The number of nitrogens with one attached hydrogen (secondary N) is 1. The lowest BCUT2D eigenvalue weighted by Gasteiger charge is -2.14. The third-order valence-electron chi connectivity index (χ3n) is 4.53. The molecular weight excluding hydrogens is 456 g/mol. The Labute approximate surface area is 188 Å². The fourth-order valence-electron chi connectivity index (χ4n) is 2.83. The number of aromatic nitrogens is 1. The summed E-state index contributed by atoms with van der Waals surface area (Å²) >= 11 is 1.44. The molecule has 0 saturated carbocycles. The van der Waals surface area contributed by atoms with Gasteiger partial charge in [0, 0.05) is 18.2 Å². The van der Waals surface area contributed by atoms with Gasteiger partial charge in [-0.05, 0) is 48.4 Å². The van der Waals surface area contributed by atoms with Crippen molar-refractivity contribution in [2.45, 2.75) is 23.8 Å². The second kappa shape index (κ2) is 9.90. The number of rotatable bonds is 10. The first-order valence-corrected chi connectivity index (χ1v) is 11.7. The van der Waals surface area contributed by atoms with Crippen LogP contribution in [0.15, 0.2) is 59.6 Å². The fraction of sp³-hybridized carbons (Fsp3) is 0.190. The van der Waals surface area contributed by atoms with Crippen LogP contribution in [0.5, 0.6) is 5.75 Å². The number of nitrogens with zero attached hydrogens (tertiary/aromatic N) is 1. The van der Waals surface area contributed by atoms with Gasteiger partial charge in [-0.1, -0.05) is 12.1 Å². The summed E-state index contributed by atoms with van der Waals surface area (Å²) < 4.78 is 32.3. The quantitative estimate of drug-likeness (QED) is 0.405. The summed E-state index contributed by atoms with van der Waals surface area (Å²) in [5, 5.41) is 18.6. The van der Waals surface area contributed by atoms with E-state index in [0.29, 0.717) is 10.6 Å². The molecule has 1 atom stereocenters. The molecule has 9 nitrogen and oxygen atoms in total. The smallest absolute Gasteiger partial charge is 0.321 e. The van der Waals surface area contributed by atoms with E-state index >= 15 is 0 Å². The number of carboxylic acid groups (broad SMARTS) is 2. The molecule has 0 bridgehead atoms. The van der Waals surface area contributed by atoms with Gasteiger partial charge in [-0.15, -0.1) is 11.3 Å². The van der Waals surface area contributed by atoms with Gasteiger partial charge in [0.1, 0.15) is 16.8 Å². The van der Waals surface area contributed by atoms with Crippen LogP contribution in [0.2, 0.25) is 0 Å². The molecule has 3 aromatic rings. The van der Waals surface area contributed by atoms with Crippen LogP contribution in [-0.4, -0.2) is 48.7 Å². The summed E-state index contributed by atoms with van der Waals surface area (Å²) in [6.45, 7) is 0. The van der Waals surface area contributed by atoms with Crippen LogP contribution in [0, 0.1) is 0 Å². The number of carbonyl (C=O) groups is 2. The molecule has 0 aliphatic carbocycles. The van der Waals surface area contributed by atoms with Crippen LogP contribution in [0.25, 0.3) is 21.0 Å². The second-order valence-electron chi connectivity index (χ2n) is 6.73. The minimum absolute atomic E-state index is 0.130. The Hall–Kier alpha value is -3.28. The molecule has 0 amide bonds. The predicted octanol–water partition coefficient (Wildman–Crippen LogP) is 3.08. The number of carboxylic acids is 2. The zero-order chi connectivity index (χ0) is 23.3. The van der Waals surface area contributed by atoms with Gasteiger partial charge in [-0.25, -0.2) is 13.4 Å². The van der Waals surface area contributed by atoms with Crippen molar-refractivity contribution >= 4 is 33.3 Å². The van der Waals surface area contributed by atoms with Crippen molar-refractivity contribution in [1.29, 1.82) is 0 Å². The summed E-state index contributed by atoms with van der Waals surface area (Å²) in [5.41, 5.74) is 1.67. The van der Waals surface area contributed by atoms with E-state index in [9.17, 15) is 23.1 Å². The van der Waals surface area contributed by atoms with Gasteiger partial charge in [-0.2, -0.15) is 4.72 Å². The number of methoxy groups -OCH3 is 1. The van der Waals surface area contributed by atoms with E-state index in [1.54, 1.807) is 25.4 Å². The second-order valence-corrected chi connectivity index (χ2v) is 9.47. The van der Waals surface area contributed by atoms with Crippen molar-refractivity contribution < 1.29 is 33.0 Å². The Morgan fingerprint density at radius 3 is 2.25 bits per heavy atom. The Morgan fingerprint density at radius 2 is 1.69 bits per heavy atom. The Balaban J connectivity index is 1.76. The van der Waals surface area contributed by atoms with Crippen LogP contribution < -0.4 is 9.46 Å². The van der Waals surface area contributed by atoms with Gasteiger partial charge in [0.2, 0.25) is 10.0 Å². The van der Waals surface area contributed by atoms with Crippen LogP contribution in [0.1, 0.15) is 12.8 Å². The normalized spacial score (nSPS) is 12.3. The molecule has 2 aromatic carbocycles. The maximum absolute atomic E-state index is 12.5. The maximum atomic E-state index is 12.5. The van der Waals surface area contributed by atoms with Crippen molar-refractivity contribution in [3.8, 4) is 26.8 Å². The van der Waals surface area contributed by atoms with E-state index < -0.39 is 34.4 Å². The lowest BCUT2D eigenvalue weighted by molar-refractivity contribution is -0.140. The highest BCUT2D eigenvalue weighted by Crippen LogP contribution is 2.33. The molecule has 0 fully saturated rings. The summed E-state index contributed by atoms with van der Waals surface area (Å²) in [5.74, 6) is -1.91. The van der Waals surface area contributed by atoms with Gasteiger partial charge in [0.05, 0.1) is 16.9 Å². The molecule has 3 N–H and O–H groups in total. The molecule has 3 rings (SSSR count). The number of aliphatic carboxylic acids is 2. The number of ether oxygens (including phenoxy) is 1. The van der Waals surface area contributed by atoms with Crippen LogP contribution in [0.4, 0.5) is 0 Å². The van der Waals surface area contributed by atoms with Gasteiger partial charge < -0.3 is 14.9 Å². The lowest BCUT2D eigenvalue weighted by Crippen LogP contribution is -2.41. The Bertz CT molecular complexity index is 1200. The zero-order valence-electron chi connectivity index (χ0n) is 16.9. The summed E-state index contributed by atoms with van der Waals surface area (Å²) in [6, 6.07) is 11.9. The lowest BCUT2D eigenvalue weighted by atomic mass is 10.2. The fourth-order valence-corrected chi connectivity index (χ4v) is 4.98. The third kappa shape index (κ3) is 5.69. The summed E-state index contributed by atoms with van der Waals surface area (Å²) in [6.07, 6.45) is 0.891. The molecule has 0 saturated heterocycles. The van der Waals surface area contributed by atoms with Crippen LogP contribution in [-0.2, 0) is 19.6 Å². The van der Waals surface area contributed by atoms with Crippen molar-refractivity contribution in [2.24, 2.45) is 0 Å². The molecule has 1 unspecified atom stereocenters. The van der Waals surface area contributed by atoms with Crippen molar-refractivity contribution in [2.75, 3.05) is 7.11 Å². The molecule has 11 heteroatoms. The third-order valence-corrected chi connectivity index (χ3v) is 7.12. The van der Waals surface area contributed by atoms with E-state index in [4.69, 9.17) is 9.84 Å².